The molecule has 2 unspecified atom stereocenters. The number of rotatable bonds is 6. The molecule has 2 amide bonds. The molecule has 40 heavy (non-hydrogen) atoms. The molecule has 1 aliphatic carbocycles. The molecular weight excluding hydrogens is 541 g/mol. The average molecular weight is 583 g/mol. The zero-order valence-electron chi connectivity index (χ0n) is 23.8. The molecule has 4 fully saturated rings. The number of hydrogen-bond acceptors (Lipinski definition) is 3. The molecule has 5 nitrogen and oxygen atoms in total. The molecule has 1 saturated carbocycles. The topological polar surface area (TPSA) is 43.9 Å². The van der Waals surface area contributed by atoms with Crippen LogP contribution < -0.4 is 0 Å². The molecule has 6 rings (SSSR count). The number of carbonyl (C=O) groups excluding carboxylic acids is 2. The molecule has 7 heteroatoms. The lowest BCUT2D eigenvalue weighted by Crippen LogP contribution is -2.71. The summed E-state index contributed by atoms with van der Waals surface area (Å²) in [6.45, 7) is 7.29. The highest BCUT2D eigenvalue weighted by molar-refractivity contribution is 6.36. The number of carbonyl (C=O) groups is 2. The molecule has 214 valence electrons. The maximum absolute atomic E-state index is 13.3. The fraction of sp³-hybridized carbons (Fsp3) is 0.576. The molecule has 4 aliphatic rings. The molecule has 0 bridgehead atoms. The van der Waals surface area contributed by atoms with E-state index in [1.165, 1.54) is 19.3 Å². The Morgan fingerprint density at radius 3 is 2.25 bits per heavy atom. The highest BCUT2D eigenvalue weighted by Crippen LogP contribution is 2.38. The van der Waals surface area contributed by atoms with Crippen LogP contribution in [0.2, 0.25) is 10.0 Å². The van der Waals surface area contributed by atoms with Gasteiger partial charge in [-0.2, -0.15) is 0 Å². The maximum atomic E-state index is 13.3. The summed E-state index contributed by atoms with van der Waals surface area (Å²) in [5.74, 6) is 0.335. The van der Waals surface area contributed by atoms with Crippen molar-refractivity contribution in [1.29, 1.82) is 0 Å². The summed E-state index contributed by atoms with van der Waals surface area (Å²) in [4.78, 5) is 33.2. The van der Waals surface area contributed by atoms with E-state index < -0.39 is 0 Å². The van der Waals surface area contributed by atoms with Crippen molar-refractivity contribution in [2.75, 3.05) is 19.6 Å². The fourth-order valence-electron chi connectivity index (χ4n) is 7.62. The second-order valence-electron chi connectivity index (χ2n) is 12.6. The maximum Gasteiger partial charge on any atom is 0.254 e. The number of nitrogens with zero attached hydrogens (tertiary/aromatic N) is 3. The number of halogens is 2. The molecule has 3 heterocycles. The summed E-state index contributed by atoms with van der Waals surface area (Å²) in [5, 5.41) is 1.20. The van der Waals surface area contributed by atoms with Gasteiger partial charge in [0.2, 0.25) is 5.91 Å². The van der Waals surface area contributed by atoms with Gasteiger partial charge in [-0.15, -0.1) is 0 Å². The van der Waals surface area contributed by atoms with Crippen molar-refractivity contribution in [2.24, 2.45) is 5.92 Å². The predicted octanol–water partition coefficient (Wildman–Crippen LogP) is 7.08. The largest absolute Gasteiger partial charge is 0.339 e. The van der Waals surface area contributed by atoms with Crippen LogP contribution in [0, 0.1) is 5.92 Å². The average Bonchev–Trinajstić information content (AvgIpc) is 3.31. The van der Waals surface area contributed by atoms with Crippen LogP contribution in [0.15, 0.2) is 36.4 Å². The van der Waals surface area contributed by atoms with Crippen molar-refractivity contribution in [3.8, 4) is 11.1 Å². The Bertz CT molecular complexity index is 1230. The number of likely N-dealkylation sites (tertiary alicyclic amines) is 3. The molecule has 3 aliphatic heterocycles. The zero-order chi connectivity index (χ0) is 28.0. The van der Waals surface area contributed by atoms with Crippen molar-refractivity contribution in [3.63, 3.8) is 0 Å². The third-order valence-corrected chi connectivity index (χ3v) is 10.6. The first-order valence-electron chi connectivity index (χ1n) is 15.3. The predicted molar refractivity (Wildman–Crippen MR) is 162 cm³/mol. The molecule has 0 aromatic heterocycles. The van der Waals surface area contributed by atoms with Crippen molar-refractivity contribution in [3.05, 3.63) is 57.6 Å². The second-order valence-corrected chi connectivity index (χ2v) is 13.4. The van der Waals surface area contributed by atoms with E-state index in [1.54, 1.807) is 0 Å². The smallest absolute Gasteiger partial charge is 0.254 e. The van der Waals surface area contributed by atoms with Crippen LogP contribution in [-0.4, -0.2) is 70.3 Å². The van der Waals surface area contributed by atoms with E-state index in [-0.39, 0.29) is 17.7 Å². The Hall–Kier alpha value is -2.08. The van der Waals surface area contributed by atoms with E-state index in [1.807, 2.05) is 36.4 Å². The van der Waals surface area contributed by atoms with Crippen LogP contribution in [-0.2, 0) is 11.2 Å². The van der Waals surface area contributed by atoms with E-state index in [0.29, 0.717) is 40.6 Å². The summed E-state index contributed by atoms with van der Waals surface area (Å²) < 4.78 is 0. The summed E-state index contributed by atoms with van der Waals surface area (Å²) in [6.07, 6.45) is 9.69. The first-order valence-corrected chi connectivity index (χ1v) is 16.0. The lowest BCUT2D eigenvalue weighted by Gasteiger charge is -2.56. The molecule has 3 saturated heterocycles. The second kappa shape index (κ2) is 11.7. The highest BCUT2D eigenvalue weighted by atomic mass is 35.5. The zero-order valence-corrected chi connectivity index (χ0v) is 25.3. The minimum Gasteiger partial charge on any atom is -0.339 e. The van der Waals surface area contributed by atoms with Crippen LogP contribution in [0.4, 0.5) is 0 Å². The molecule has 3 atom stereocenters. The molecule has 2 aromatic carbocycles. The van der Waals surface area contributed by atoms with Gasteiger partial charge in [0.25, 0.3) is 5.91 Å². The van der Waals surface area contributed by atoms with Crippen LogP contribution in [0.1, 0.15) is 81.1 Å². The quantitative estimate of drug-likeness (QED) is 0.366. The number of piperidine rings is 1. The Morgan fingerprint density at radius 1 is 0.875 bits per heavy atom. The Labute approximate surface area is 248 Å². The van der Waals surface area contributed by atoms with E-state index in [9.17, 15) is 9.59 Å². The minimum absolute atomic E-state index is 0.0500. The third-order valence-electron chi connectivity index (χ3n) is 9.92. The lowest BCUT2D eigenvalue weighted by molar-refractivity contribution is -0.133. The van der Waals surface area contributed by atoms with Crippen LogP contribution in [0.25, 0.3) is 11.1 Å². The Balaban J connectivity index is 1.11. The highest BCUT2D eigenvalue weighted by Gasteiger charge is 2.47. The van der Waals surface area contributed by atoms with Crippen molar-refractivity contribution in [2.45, 2.75) is 95.8 Å². The first-order chi connectivity index (χ1) is 19.3. The molecule has 2 aromatic rings. The minimum atomic E-state index is -0.0500. The SMILES string of the molecule is CC(C)N1CCCC2[C@H]1CN2C(=O)c1ccc(-c2cc(Cl)c(CC3CCN(C4CCCCC4)C3=O)c(Cl)c2)cc1. The number of fused-ring (bicyclic) bond motifs is 1. The third kappa shape index (κ3) is 5.30. The Morgan fingerprint density at radius 2 is 1.57 bits per heavy atom. The summed E-state index contributed by atoms with van der Waals surface area (Å²) >= 11 is 13.5. The van der Waals surface area contributed by atoms with Gasteiger partial charge in [-0.25, -0.2) is 0 Å². The van der Waals surface area contributed by atoms with Crippen molar-refractivity contribution < 1.29 is 9.59 Å². The molecule has 0 N–H and O–H groups in total. The van der Waals surface area contributed by atoms with Crippen LogP contribution in [0.3, 0.4) is 0 Å². The van der Waals surface area contributed by atoms with E-state index in [4.69, 9.17) is 23.2 Å². The van der Waals surface area contributed by atoms with E-state index >= 15 is 0 Å². The molecule has 0 radical (unpaired) electrons. The summed E-state index contributed by atoms with van der Waals surface area (Å²) in [6, 6.07) is 13.4. The first kappa shape index (κ1) is 28.1. The monoisotopic (exact) mass is 581 g/mol. The molecular formula is C33H41Cl2N3O2. The summed E-state index contributed by atoms with van der Waals surface area (Å²) in [7, 11) is 0. The standard InChI is InChI=1S/C33H41Cl2N3O2/c1-21(2)36-15-6-9-30-31(36)20-38(30)32(39)23-12-10-22(11-13-23)25-18-28(34)27(29(35)19-25)17-24-14-16-37(33(24)40)26-7-4-3-5-8-26/h10-13,18-19,21,24,26,30-31H,3-9,14-17,20H2,1-2H3/t24?,30?,31-/m1/s1. The van der Waals surface area contributed by atoms with Crippen LogP contribution in [0.5, 0.6) is 0 Å². The van der Waals surface area contributed by atoms with Gasteiger partial charge in [0.05, 0.1) is 0 Å². The van der Waals surface area contributed by atoms with Gasteiger partial charge < -0.3 is 9.80 Å². The van der Waals surface area contributed by atoms with Crippen molar-refractivity contribution >= 4 is 35.0 Å². The van der Waals surface area contributed by atoms with Gasteiger partial charge in [-0.1, -0.05) is 54.6 Å². The number of amides is 2. The normalized spacial score (nSPS) is 25.8. The fourth-order valence-corrected chi connectivity index (χ4v) is 8.26. The number of benzene rings is 2. The lowest BCUT2D eigenvalue weighted by atomic mass is 9.85. The van der Waals surface area contributed by atoms with Crippen LogP contribution >= 0.6 is 23.2 Å². The number of hydrogen-bond donors (Lipinski definition) is 0. The van der Waals surface area contributed by atoms with Gasteiger partial charge >= 0.3 is 0 Å². The van der Waals surface area contributed by atoms with Gasteiger partial charge in [0, 0.05) is 58.8 Å². The summed E-state index contributed by atoms with van der Waals surface area (Å²) in [5.41, 5.74) is 3.47. The van der Waals surface area contributed by atoms with Crippen molar-refractivity contribution in [1.82, 2.24) is 14.7 Å². The Kier molecular flexibility index (Phi) is 8.18. The van der Waals surface area contributed by atoms with Gasteiger partial charge in [0.1, 0.15) is 0 Å². The van der Waals surface area contributed by atoms with Gasteiger partial charge in [-0.05, 0) is 99.9 Å². The van der Waals surface area contributed by atoms with Gasteiger partial charge in [-0.3, -0.25) is 14.5 Å². The van der Waals surface area contributed by atoms with Gasteiger partial charge in [0.15, 0.2) is 0 Å². The molecule has 0 spiro atoms. The van der Waals surface area contributed by atoms with E-state index in [0.717, 1.165) is 74.0 Å². The van der Waals surface area contributed by atoms with E-state index in [2.05, 4.69) is 28.5 Å².